The van der Waals surface area contributed by atoms with E-state index in [1.54, 1.807) is 42.5 Å². The zero-order valence-corrected chi connectivity index (χ0v) is 15.9. The van der Waals surface area contributed by atoms with Crippen LogP contribution in [0, 0.1) is 0 Å². The second-order valence-corrected chi connectivity index (χ2v) is 6.75. The van der Waals surface area contributed by atoms with E-state index in [9.17, 15) is 4.79 Å². The molecule has 1 unspecified atom stereocenters. The first kappa shape index (κ1) is 20.3. The van der Waals surface area contributed by atoms with Gasteiger partial charge in [-0.05, 0) is 43.2 Å². The molecule has 1 atom stereocenters. The maximum atomic E-state index is 12.0. The lowest BCUT2D eigenvalue weighted by Crippen LogP contribution is -2.19. The van der Waals surface area contributed by atoms with E-state index in [0.29, 0.717) is 10.6 Å². The molecule has 0 aliphatic rings. The third-order valence-electron chi connectivity index (χ3n) is 2.60. The topological polar surface area (TPSA) is 26.3 Å². The molecular formula is C16H15BCl3O2P. The molecule has 0 aliphatic carbocycles. The summed E-state index contributed by atoms with van der Waals surface area (Å²) in [5, 5.41) is 1.05. The van der Waals surface area contributed by atoms with Crippen LogP contribution in [0.15, 0.2) is 42.5 Å². The van der Waals surface area contributed by atoms with Crippen molar-refractivity contribution in [2.45, 2.75) is 5.82 Å². The molecule has 2 aromatic rings. The first-order valence-electron chi connectivity index (χ1n) is 6.66. The van der Waals surface area contributed by atoms with Gasteiger partial charge in [0.25, 0.3) is 0 Å². The molecule has 0 saturated heterocycles. The molecule has 2 aromatic carbocycles. The second-order valence-electron chi connectivity index (χ2n) is 4.50. The van der Waals surface area contributed by atoms with E-state index in [-0.39, 0.29) is 15.8 Å². The van der Waals surface area contributed by atoms with Crippen molar-refractivity contribution in [3.8, 4) is 5.75 Å². The molecule has 2 nitrogen and oxygen atoms in total. The van der Waals surface area contributed by atoms with E-state index in [1.165, 1.54) is 0 Å². The Labute approximate surface area is 154 Å². The Hall–Kier alpha value is -0.725. The molecule has 0 aromatic heterocycles. The fourth-order valence-electron chi connectivity index (χ4n) is 1.55. The van der Waals surface area contributed by atoms with Crippen molar-refractivity contribution < 1.29 is 9.53 Å². The summed E-state index contributed by atoms with van der Waals surface area (Å²) in [5.74, 6) is -1.49. The molecule has 2 radical (unpaired) electrons. The highest BCUT2D eigenvalue weighted by Gasteiger charge is 2.19. The average Bonchev–Trinajstić information content (AvgIpc) is 2.52. The van der Waals surface area contributed by atoms with E-state index in [0.717, 1.165) is 8.58 Å². The number of para-hydroxylation sites is 1. The van der Waals surface area contributed by atoms with Crippen molar-refractivity contribution in [3.63, 3.8) is 0 Å². The summed E-state index contributed by atoms with van der Waals surface area (Å²) in [7, 11) is 6.92. The summed E-state index contributed by atoms with van der Waals surface area (Å²) < 4.78 is 5.16. The molecule has 0 heterocycles. The predicted molar refractivity (Wildman–Crippen MR) is 102 cm³/mol. The number of esters is 1. The van der Waals surface area contributed by atoms with Gasteiger partial charge < -0.3 is 4.74 Å². The van der Waals surface area contributed by atoms with Crippen molar-refractivity contribution in [2.75, 3.05) is 13.3 Å². The highest BCUT2D eigenvalue weighted by Crippen LogP contribution is 2.33. The van der Waals surface area contributed by atoms with Crippen molar-refractivity contribution in [1.82, 2.24) is 0 Å². The monoisotopic (exact) mass is 386 g/mol. The number of carbonyl (C=O) groups excluding carboxylic acids is 1. The molecule has 0 amide bonds. The van der Waals surface area contributed by atoms with E-state index in [1.807, 2.05) is 0 Å². The van der Waals surface area contributed by atoms with E-state index in [2.05, 4.69) is 13.3 Å². The third kappa shape index (κ3) is 6.35. The van der Waals surface area contributed by atoms with E-state index < -0.39 is 11.8 Å². The van der Waals surface area contributed by atoms with Crippen LogP contribution in [0.3, 0.4) is 0 Å². The summed E-state index contributed by atoms with van der Waals surface area (Å²) in [6, 6.07) is 11.4. The van der Waals surface area contributed by atoms with E-state index >= 15 is 0 Å². The van der Waals surface area contributed by atoms with Gasteiger partial charge in [0.15, 0.2) is 5.75 Å². The minimum Gasteiger partial charge on any atom is -0.423 e. The highest BCUT2D eigenvalue weighted by atomic mass is 35.5. The van der Waals surface area contributed by atoms with Crippen LogP contribution in [0.4, 0.5) is 0 Å². The zero-order valence-electron chi connectivity index (χ0n) is 12.6. The van der Waals surface area contributed by atoms with Gasteiger partial charge in [-0.25, -0.2) is 0 Å². The van der Waals surface area contributed by atoms with Crippen molar-refractivity contribution in [2.24, 2.45) is 0 Å². The molecule has 7 heteroatoms. The van der Waals surface area contributed by atoms with Gasteiger partial charge in [0, 0.05) is 10.8 Å². The smallest absolute Gasteiger partial charge is 0.309 e. The van der Waals surface area contributed by atoms with Gasteiger partial charge in [-0.2, -0.15) is 0 Å². The maximum Gasteiger partial charge on any atom is 0.309 e. The fraction of sp³-hybridized carbons (Fsp3) is 0.188. The van der Waals surface area contributed by atoms with Crippen LogP contribution in [-0.2, 0) is 4.79 Å². The number of ether oxygens (including phenoxy) is 1. The number of carbonyl (C=O) groups is 1. The van der Waals surface area contributed by atoms with Gasteiger partial charge in [0.1, 0.15) is 0 Å². The minimum absolute atomic E-state index is 0.102. The van der Waals surface area contributed by atoms with Crippen LogP contribution < -0.4 is 4.74 Å². The molecule has 0 spiro atoms. The van der Waals surface area contributed by atoms with E-state index in [4.69, 9.17) is 47.4 Å². The molecule has 23 heavy (non-hydrogen) atoms. The summed E-state index contributed by atoms with van der Waals surface area (Å²) in [6.45, 7) is 4.31. The molecule has 0 fully saturated rings. The quantitative estimate of drug-likeness (QED) is 0.306. The number of halogens is 3. The summed E-state index contributed by atoms with van der Waals surface area (Å²) in [6.07, 6.45) is 0. The molecule has 0 bridgehead atoms. The van der Waals surface area contributed by atoms with Crippen molar-refractivity contribution in [3.05, 3.63) is 63.1 Å². The Morgan fingerprint density at radius 1 is 1.04 bits per heavy atom. The highest BCUT2D eigenvalue weighted by molar-refractivity contribution is 7.35. The molecule has 0 N–H and O–H groups in total. The largest absolute Gasteiger partial charge is 0.423 e. The van der Waals surface area contributed by atoms with Crippen molar-refractivity contribution >= 4 is 57.2 Å². The Kier molecular flexibility index (Phi) is 9.02. The molecular weight excluding hydrogens is 372 g/mol. The summed E-state index contributed by atoms with van der Waals surface area (Å²) in [5.41, 5.74) is 0.586. The zero-order chi connectivity index (χ0) is 17.4. The summed E-state index contributed by atoms with van der Waals surface area (Å²) in [4.78, 5) is 12.0. The van der Waals surface area contributed by atoms with Gasteiger partial charge in [-0.15, -0.1) is 8.58 Å². The SMILES string of the molecule is CPC.[B]C(C(=O)Oc1c(Cl)cccc1Cl)c1ccc(Cl)cc1. The van der Waals surface area contributed by atoms with Gasteiger partial charge in [0.05, 0.1) is 17.9 Å². The minimum atomic E-state index is -0.945. The first-order valence-corrected chi connectivity index (χ1v) is 9.79. The number of hydrogen-bond acceptors (Lipinski definition) is 2. The molecule has 0 aliphatic heterocycles. The van der Waals surface area contributed by atoms with Crippen LogP contribution >= 0.6 is 43.4 Å². The van der Waals surface area contributed by atoms with Crippen LogP contribution in [0.25, 0.3) is 0 Å². The Morgan fingerprint density at radius 2 is 1.52 bits per heavy atom. The van der Waals surface area contributed by atoms with Gasteiger partial charge >= 0.3 is 5.97 Å². The fourth-order valence-corrected chi connectivity index (χ4v) is 2.15. The van der Waals surface area contributed by atoms with Crippen LogP contribution in [0.5, 0.6) is 5.75 Å². The lowest BCUT2D eigenvalue weighted by molar-refractivity contribution is -0.134. The molecule has 120 valence electrons. The maximum absolute atomic E-state index is 12.0. The normalized spacial score (nSPS) is 11.2. The molecule has 2 rings (SSSR count). The third-order valence-corrected chi connectivity index (χ3v) is 3.45. The van der Waals surface area contributed by atoms with Crippen molar-refractivity contribution in [1.29, 1.82) is 0 Å². The van der Waals surface area contributed by atoms with Gasteiger partial charge in [-0.1, -0.05) is 53.0 Å². The number of rotatable bonds is 3. The van der Waals surface area contributed by atoms with Gasteiger partial charge in [0.2, 0.25) is 0 Å². The number of hydrogen-bond donors (Lipinski definition) is 0. The Morgan fingerprint density at radius 3 is 2.00 bits per heavy atom. The lowest BCUT2D eigenvalue weighted by atomic mass is 9.81. The first-order chi connectivity index (χ1) is 10.9. The Balaban J connectivity index is 0.000000816. The molecule has 0 saturated carbocycles. The lowest BCUT2D eigenvalue weighted by Gasteiger charge is -2.13. The predicted octanol–water partition coefficient (Wildman–Crippen LogP) is 5.39. The van der Waals surface area contributed by atoms with Gasteiger partial charge in [-0.3, -0.25) is 4.79 Å². The van der Waals surface area contributed by atoms with Crippen LogP contribution in [0.2, 0.25) is 15.1 Å². The summed E-state index contributed by atoms with van der Waals surface area (Å²) >= 11 is 17.6. The second kappa shape index (κ2) is 10.2. The standard InChI is InChI=1S/C14H8BCl3O2.C2H7P/c15-12(8-4-6-9(16)7-5-8)14(19)20-13-10(17)2-1-3-11(13)18;1-3-2/h1-7,12H;3H,1-2H3. The average molecular weight is 387 g/mol. The number of benzene rings is 2. The Bertz CT molecular complexity index is 630. The van der Waals surface area contributed by atoms with Crippen LogP contribution in [-0.4, -0.2) is 27.1 Å². The van der Waals surface area contributed by atoms with Crippen LogP contribution in [0.1, 0.15) is 11.4 Å².